The average Bonchev–Trinajstić information content (AvgIpc) is 2.62. The smallest absolute Gasteiger partial charge is 0.270 e. The largest absolute Gasteiger partial charge is 0.379 e. The molecule has 2 aliphatic heterocycles. The normalized spacial score (nSPS) is 19.8. The van der Waals surface area contributed by atoms with Crippen molar-refractivity contribution in [3.05, 3.63) is 17.6 Å². The van der Waals surface area contributed by atoms with Crippen LogP contribution in [-0.2, 0) is 4.74 Å². The van der Waals surface area contributed by atoms with Gasteiger partial charge in [-0.25, -0.2) is 9.97 Å². The molecule has 7 nitrogen and oxygen atoms in total. The Labute approximate surface area is 149 Å². The van der Waals surface area contributed by atoms with E-state index in [2.05, 4.69) is 32.0 Å². The molecule has 1 N–H and O–H groups in total. The highest BCUT2D eigenvalue weighted by Gasteiger charge is 2.19. The molecule has 0 radical (unpaired) electrons. The maximum atomic E-state index is 12.5. The molecule has 0 saturated carbocycles. The number of amides is 1. The van der Waals surface area contributed by atoms with E-state index in [1.807, 2.05) is 13.0 Å². The SMILES string of the molecule is Cc1nc(C(=O)NCCN2CCOCC2)cc(N2CCC(C)CC2)n1. The van der Waals surface area contributed by atoms with Crippen molar-refractivity contribution in [2.45, 2.75) is 26.7 Å². The van der Waals surface area contributed by atoms with Crippen LogP contribution in [0.3, 0.4) is 0 Å². The van der Waals surface area contributed by atoms with Gasteiger partial charge in [0.15, 0.2) is 0 Å². The number of ether oxygens (including phenoxy) is 1. The Hall–Kier alpha value is -1.73. The minimum Gasteiger partial charge on any atom is -0.379 e. The topological polar surface area (TPSA) is 70.6 Å². The van der Waals surface area contributed by atoms with Gasteiger partial charge in [-0.15, -0.1) is 0 Å². The van der Waals surface area contributed by atoms with Crippen molar-refractivity contribution in [2.75, 3.05) is 57.4 Å². The number of carbonyl (C=O) groups is 1. The Balaban J connectivity index is 1.56. The van der Waals surface area contributed by atoms with E-state index in [1.165, 1.54) is 12.8 Å². The van der Waals surface area contributed by atoms with Crippen LogP contribution in [0.25, 0.3) is 0 Å². The number of carbonyl (C=O) groups excluding carboxylic acids is 1. The maximum absolute atomic E-state index is 12.5. The monoisotopic (exact) mass is 347 g/mol. The van der Waals surface area contributed by atoms with E-state index in [-0.39, 0.29) is 5.91 Å². The van der Waals surface area contributed by atoms with Crippen molar-refractivity contribution in [1.82, 2.24) is 20.2 Å². The van der Waals surface area contributed by atoms with E-state index in [9.17, 15) is 4.79 Å². The Kier molecular flexibility index (Phi) is 6.20. The van der Waals surface area contributed by atoms with E-state index in [0.29, 0.717) is 18.1 Å². The van der Waals surface area contributed by atoms with Crippen LogP contribution < -0.4 is 10.2 Å². The average molecular weight is 347 g/mol. The van der Waals surface area contributed by atoms with Gasteiger partial charge in [-0.3, -0.25) is 9.69 Å². The van der Waals surface area contributed by atoms with Crippen molar-refractivity contribution in [3.63, 3.8) is 0 Å². The van der Waals surface area contributed by atoms with Crippen LogP contribution in [0.15, 0.2) is 6.07 Å². The third-order valence-electron chi connectivity index (χ3n) is 4.98. The van der Waals surface area contributed by atoms with Gasteiger partial charge in [-0.2, -0.15) is 0 Å². The third kappa shape index (κ3) is 5.12. The summed E-state index contributed by atoms with van der Waals surface area (Å²) in [6.45, 7) is 11.0. The molecule has 2 fully saturated rings. The third-order valence-corrected chi connectivity index (χ3v) is 4.98. The summed E-state index contributed by atoms with van der Waals surface area (Å²) in [5.74, 6) is 2.17. The van der Waals surface area contributed by atoms with E-state index in [4.69, 9.17) is 4.74 Å². The zero-order valence-electron chi connectivity index (χ0n) is 15.3. The van der Waals surface area contributed by atoms with E-state index < -0.39 is 0 Å². The number of morpholine rings is 1. The first-order valence-electron chi connectivity index (χ1n) is 9.31. The number of piperidine rings is 1. The van der Waals surface area contributed by atoms with Crippen molar-refractivity contribution >= 4 is 11.7 Å². The lowest BCUT2D eigenvalue weighted by Crippen LogP contribution is -2.41. The number of hydrogen-bond acceptors (Lipinski definition) is 6. The van der Waals surface area contributed by atoms with Gasteiger partial charge in [-0.05, 0) is 25.7 Å². The zero-order valence-corrected chi connectivity index (χ0v) is 15.3. The first-order chi connectivity index (χ1) is 12.1. The fourth-order valence-corrected chi connectivity index (χ4v) is 3.31. The second-order valence-electron chi connectivity index (χ2n) is 7.04. The van der Waals surface area contributed by atoms with Gasteiger partial charge in [0.25, 0.3) is 5.91 Å². The molecule has 0 aliphatic carbocycles. The summed E-state index contributed by atoms with van der Waals surface area (Å²) in [7, 11) is 0. The zero-order chi connectivity index (χ0) is 17.6. The second kappa shape index (κ2) is 8.58. The van der Waals surface area contributed by atoms with Crippen LogP contribution in [0.1, 0.15) is 36.1 Å². The molecular formula is C18H29N5O2. The number of aromatic nitrogens is 2. The van der Waals surface area contributed by atoms with Gasteiger partial charge < -0.3 is 15.0 Å². The molecule has 3 heterocycles. The molecule has 7 heteroatoms. The van der Waals surface area contributed by atoms with Crippen LogP contribution in [-0.4, -0.2) is 73.3 Å². The van der Waals surface area contributed by atoms with Crippen molar-refractivity contribution < 1.29 is 9.53 Å². The molecule has 0 spiro atoms. The van der Waals surface area contributed by atoms with Crippen molar-refractivity contribution in [2.24, 2.45) is 5.92 Å². The van der Waals surface area contributed by atoms with Gasteiger partial charge in [0, 0.05) is 45.3 Å². The molecule has 138 valence electrons. The van der Waals surface area contributed by atoms with Crippen LogP contribution in [0.4, 0.5) is 5.82 Å². The Bertz CT molecular complexity index is 581. The van der Waals surface area contributed by atoms with Gasteiger partial charge in [0.2, 0.25) is 0 Å². The number of hydrogen-bond donors (Lipinski definition) is 1. The predicted molar refractivity (Wildman–Crippen MR) is 97.0 cm³/mol. The summed E-state index contributed by atoms with van der Waals surface area (Å²) in [6, 6.07) is 1.83. The number of aryl methyl sites for hydroxylation is 1. The van der Waals surface area contributed by atoms with Crippen LogP contribution in [0.5, 0.6) is 0 Å². The fourth-order valence-electron chi connectivity index (χ4n) is 3.31. The van der Waals surface area contributed by atoms with E-state index in [1.54, 1.807) is 0 Å². The van der Waals surface area contributed by atoms with Crippen LogP contribution >= 0.6 is 0 Å². The minimum atomic E-state index is -0.120. The lowest BCUT2D eigenvalue weighted by atomic mass is 9.99. The second-order valence-corrected chi connectivity index (χ2v) is 7.04. The minimum absolute atomic E-state index is 0.120. The molecular weight excluding hydrogens is 318 g/mol. The maximum Gasteiger partial charge on any atom is 0.270 e. The summed E-state index contributed by atoms with van der Waals surface area (Å²) < 4.78 is 5.34. The predicted octanol–water partition coefficient (Wildman–Crippen LogP) is 1.08. The molecule has 2 aliphatic rings. The summed E-state index contributed by atoms with van der Waals surface area (Å²) in [6.07, 6.45) is 2.34. The number of anilines is 1. The summed E-state index contributed by atoms with van der Waals surface area (Å²) in [4.78, 5) is 25.9. The molecule has 0 aromatic carbocycles. The molecule has 0 bridgehead atoms. The Morgan fingerprint density at radius 3 is 2.68 bits per heavy atom. The van der Waals surface area contributed by atoms with E-state index in [0.717, 1.165) is 57.7 Å². The van der Waals surface area contributed by atoms with Crippen molar-refractivity contribution in [3.8, 4) is 0 Å². The van der Waals surface area contributed by atoms with Crippen LogP contribution in [0.2, 0.25) is 0 Å². The quantitative estimate of drug-likeness (QED) is 0.860. The summed E-state index contributed by atoms with van der Waals surface area (Å²) >= 11 is 0. The highest BCUT2D eigenvalue weighted by Crippen LogP contribution is 2.21. The molecule has 0 unspecified atom stereocenters. The molecule has 3 rings (SSSR count). The van der Waals surface area contributed by atoms with Gasteiger partial charge in [0.05, 0.1) is 13.2 Å². The highest BCUT2D eigenvalue weighted by molar-refractivity contribution is 5.92. The molecule has 1 aromatic heterocycles. The summed E-state index contributed by atoms with van der Waals surface area (Å²) in [5.41, 5.74) is 0.461. The first kappa shape index (κ1) is 18.1. The molecule has 25 heavy (non-hydrogen) atoms. The number of nitrogens with zero attached hydrogens (tertiary/aromatic N) is 4. The van der Waals surface area contributed by atoms with Crippen LogP contribution in [0, 0.1) is 12.8 Å². The van der Waals surface area contributed by atoms with E-state index >= 15 is 0 Å². The fraction of sp³-hybridized carbons (Fsp3) is 0.722. The van der Waals surface area contributed by atoms with Gasteiger partial charge in [-0.1, -0.05) is 6.92 Å². The molecule has 0 atom stereocenters. The standard InChI is InChI=1S/C18H29N5O2/c1-14-3-6-23(7-4-14)17-13-16(20-15(2)21-17)18(24)19-5-8-22-9-11-25-12-10-22/h13-14H,3-12H2,1-2H3,(H,19,24). The lowest BCUT2D eigenvalue weighted by molar-refractivity contribution is 0.0383. The molecule has 1 aromatic rings. The summed E-state index contributed by atoms with van der Waals surface area (Å²) in [5, 5.41) is 2.98. The van der Waals surface area contributed by atoms with Crippen molar-refractivity contribution in [1.29, 1.82) is 0 Å². The van der Waals surface area contributed by atoms with Gasteiger partial charge >= 0.3 is 0 Å². The Morgan fingerprint density at radius 2 is 1.96 bits per heavy atom. The first-order valence-corrected chi connectivity index (χ1v) is 9.31. The lowest BCUT2D eigenvalue weighted by Gasteiger charge is -2.31. The van der Waals surface area contributed by atoms with Gasteiger partial charge in [0.1, 0.15) is 17.3 Å². The molecule has 1 amide bonds. The highest BCUT2D eigenvalue weighted by atomic mass is 16.5. The number of rotatable bonds is 5. The Morgan fingerprint density at radius 1 is 1.24 bits per heavy atom. The molecule has 2 saturated heterocycles. The number of nitrogens with one attached hydrogen (secondary N) is 1.